The van der Waals surface area contributed by atoms with Crippen molar-refractivity contribution in [2.45, 2.75) is 46.1 Å². The van der Waals surface area contributed by atoms with E-state index in [-0.39, 0.29) is 17.6 Å². The van der Waals surface area contributed by atoms with Gasteiger partial charge < -0.3 is 15.7 Å². The average Bonchev–Trinajstić information content (AvgIpc) is 2.92. The number of urea groups is 1. The predicted molar refractivity (Wildman–Crippen MR) is 98.5 cm³/mol. The van der Waals surface area contributed by atoms with E-state index in [0.29, 0.717) is 13.0 Å². The molecule has 1 aliphatic rings. The molecule has 4 heteroatoms. The lowest BCUT2D eigenvalue weighted by Gasteiger charge is -2.26. The summed E-state index contributed by atoms with van der Waals surface area (Å²) in [7, 11) is 0. The summed E-state index contributed by atoms with van der Waals surface area (Å²) in [4.78, 5) is 12.3. The van der Waals surface area contributed by atoms with Gasteiger partial charge in [-0.3, -0.25) is 0 Å². The fraction of sp³-hybridized carbons (Fsp3) is 0.450. The Bertz CT molecular complexity index is 755. The van der Waals surface area contributed by atoms with Gasteiger partial charge >= 0.3 is 6.03 Å². The number of amides is 2. The molecular weight excluding hydrogens is 300 g/mol. The van der Waals surface area contributed by atoms with E-state index in [9.17, 15) is 9.90 Å². The fourth-order valence-corrected chi connectivity index (χ4v) is 3.71. The third kappa shape index (κ3) is 3.54. The normalized spacial score (nSPS) is 14.7. The van der Waals surface area contributed by atoms with Crippen LogP contribution >= 0.6 is 0 Å². The molecule has 3 N–H and O–H groups in total. The molecule has 2 aromatic carbocycles. The molecule has 1 aliphatic carbocycles. The Morgan fingerprint density at radius 1 is 1.21 bits per heavy atom. The first-order valence-electron chi connectivity index (χ1n) is 8.62. The molecule has 24 heavy (non-hydrogen) atoms. The van der Waals surface area contributed by atoms with Crippen LogP contribution in [0.25, 0.3) is 10.8 Å². The third-order valence-corrected chi connectivity index (χ3v) is 4.70. The van der Waals surface area contributed by atoms with Gasteiger partial charge in [0.15, 0.2) is 0 Å². The maximum Gasteiger partial charge on any atom is 0.319 e. The number of aryl methyl sites for hydroxylation is 2. The second kappa shape index (κ2) is 6.44. The van der Waals surface area contributed by atoms with Crippen molar-refractivity contribution in [1.29, 1.82) is 0 Å². The van der Waals surface area contributed by atoms with Crippen LogP contribution in [0.5, 0.6) is 0 Å². The highest BCUT2D eigenvalue weighted by atomic mass is 16.3. The SMILES string of the molecule is CC(O)CC(C)(C)CNC(=O)Nc1ccc2c3c(cccc13)CC2. The van der Waals surface area contributed by atoms with Gasteiger partial charge in [-0.25, -0.2) is 4.79 Å². The van der Waals surface area contributed by atoms with Gasteiger partial charge in [0, 0.05) is 11.9 Å². The van der Waals surface area contributed by atoms with Gasteiger partial charge in [0.1, 0.15) is 0 Å². The predicted octanol–water partition coefficient (Wildman–Crippen LogP) is 3.86. The van der Waals surface area contributed by atoms with Crippen molar-refractivity contribution in [2.75, 3.05) is 11.9 Å². The number of anilines is 1. The van der Waals surface area contributed by atoms with Gasteiger partial charge in [0.05, 0.1) is 11.8 Å². The molecule has 2 amide bonds. The molecule has 0 heterocycles. The summed E-state index contributed by atoms with van der Waals surface area (Å²) in [6, 6.07) is 10.2. The van der Waals surface area contributed by atoms with Crippen LogP contribution in [0.3, 0.4) is 0 Å². The van der Waals surface area contributed by atoms with Crippen LogP contribution in [-0.4, -0.2) is 23.8 Å². The van der Waals surface area contributed by atoms with Crippen molar-refractivity contribution in [3.63, 3.8) is 0 Å². The van der Waals surface area contributed by atoms with Crippen molar-refractivity contribution in [1.82, 2.24) is 5.32 Å². The molecule has 1 atom stereocenters. The highest BCUT2D eigenvalue weighted by Gasteiger charge is 2.21. The molecule has 0 saturated carbocycles. The second-order valence-corrected chi connectivity index (χ2v) is 7.64. The monoisotopic (exact) mass is 326 g/mol. The molecule has 3 rings (SSSR count). The number of carbonyl (C=O) groups is 1. The standard InChI is InChI=1S/C20H26N2O2/c1-13(23)11-20(2,3)12-21-19(24)22-17-10-9-15-8-7-14-5-4-6-16(17)18(14)15/h4-6,9-10,13,23H,7-8,11-12H2,1-3H3,(H2,21,22,24). The van der Waals surface area contributed by atoms with Crippen molar-refractivity contribution in [3.05, 3.63) is 41.5 Å². The van der Waals surface area contributed by atoms with Crippen molar-refractivity contribution in [2.24, 2.45) is 5.41 Å². The van der Waals surface area contributed by atoms with Crippen molar-refractivity contribution < 1.29 is 9.90 Å². The highest BCUT2D eigenvalue weighted by Crippen LogP contribution is 2.34. The molecule has 0 aliphatic heterocycles. The molecule has 0 bridgehead atoms. The molecular formula is C20H26N2O2. The van der Waals surface area contributed by atoms with Crippen LogP contribution in [0.1, 0.15) is 38.3 Å². The van der Waals surface area contributed by atoms with Crippen molar-refractivity contribution in [3.8, 4) is 0 Å². The molecule has 128 valence electrons. The van der Waals surface area contributed by atoms with Crippen LogP contribution < -0.4 is 10.6 Å². The van der Waals surface area contributed by atoms with Gasteiger partial charge in [-0.1, -0.05) is 38.1 Å². The Labute approximate surface area is 143 Å². The lowest BCUT2D eigenvalue weighted by molar-refractivity contribution is 0.129. The summed E-state index contributed by atoms with van der Waals surface area (Å²) in [5.74, 6) is 0. The van der Waals surface area contributed by atoms with E-state index < -0.39 is 0 Å². The number of aliphatic hydroxyl groups excluding tert-OH is 1. The third-order valence-electron chi connectivity index (χ3n) is 4.70. The first-order chi connectivity index (χ1) is 11.4. The number of carbonyl (C=O) groups excluding carboxylic acids is 1. The van der Waals surface area contributed by atoms with Crippen molar-refractivity contribution >= 4 is 22.5 Å². The number of hydrogen-bond donors (Lipinski definition) is 3. The summed E-state index contributed by atoms with van der Waals surface area (Å²) in [6.07, 6.45) is 2.43. The number of nitrogens with one attached hydrogen (secondary N) is 2. The quantitative estimate of drug-likeness (QED) is 0.781. The van der Waals surface area contributed by atoms with Gasteiger partial charge in [-0.05, 0) is 54.2 Å². The second-order valence-electron chi connectivity index (χ2n) is 7.64. The van der Waals surface area contributed by atoms with Crippen LogP contribution in [0, 0.1) is 5.41 Å². The van der Waals surface area contributed by atoms with Gasteiger partial charge in [0.25, 0.3) is 0 Å². The minimum atomic E-state index is -0.374. The number of aliphatic hydroxyl groups is 1. The van der Waals surface area contributed by atoms with Crippen LogP contribution in [0.15, 0.2) is 30.3 Å². The lowest BCUT2D eigenvalue weighted by atomic mass is 9.87. The maximum atomic E-state index is 12.3. The van der Waals surface area contributed by atoms with Crippen LogP contribution in [0.2, 0.25) is 0 Å². The molecule has 0 spiro atoms. The Morgan fingerprint density at radius 3 is 2.62 bits per heavy atom. The molecule has 0 aromatic heterocycles. The maximum absolute atomic E-state index is 12.3. The van der Waals surface area contributed by atoms with Gasteiger partial charge in [-0.2, -0.15) is 0 Å². The van der Waals surface area contributed by atoms with E-state index in [1.807, 2.05) is 19.9 Å². The smallest absolute Gasteiger partial charge is 0.319 e. The van der Waals surface area contributed by atoms with E-state index >= 15 is 0 Å². The number of benzene rings is 2. The minimum absolute atomic E-state index is 0.145. The Morgan fingerprint density at radius 2 is 1.92 bits per heavy atom. The zero-order valence-electron chi connectivity index (χ0n) is 14.6. The molecule has 4 nitrogen and oxygen atoms in total. The van der Waals surface area contributed by atoms with E-state index in [1.54, 1.807) is 6.92 Å². The number of hydrogen-bond acceptors (Lipinski definition) is 2. The Hall–Kier alpha value is -2.07. The highest BCUT2D eigenvalue weighted by molar-refractivity contribution is 6.04. The first-order valence-corrected chi connectivity index (χ1v) is 8.62. The van der Waals surface area contributed by atoms with E-state index in [0.717, 1.165) is 23.9 Å². The molecule has 2 aromatic rings. The fourth-order valence-electron chi connectivity index (χ4n) is 3.71. The van der Waals surface area contributed by atoms with E-state index in [1.165, 1.54) is 16.5 Å². The average molecular weight is 326 g/mol. The summed E-state index contributed by atoms with van der Waals surface area (Å²) in [5, 5.41) is 17.9. The molecule has 0 radical (unpaired) electrons. The van der Waals surface area contributed by atoms with Gasteiger partial charge in [0.2, 0.25) is 0 Å². The number of rotatable bonds is 5. The summed E-state index contributed by atoms with van der Waals surface area (Å²) < 4.78 is 0. The molecule has 0 fully saturated rings. The first kappa shape index (κ1) is 16.8. The Kier molecular flexibility index (Phi) is 4.50. The van der Waals surface area contributed by atoms with Crippen LogP contribution in [-0.2, 0) is 12.8 Å². The summed E-state index contributed by atoms with van der Waals surface area (Å²) in [6.45, 7) is 6.37. The summed E-state index contributed by atoms with van der Waals surface area (Å²) >= 11 is 0. The molecule has 0 saturated heterocycles. The van der Waals surface area contributed by atoms with Gasteiger partial charge in [-0.15, -0.1) is 0 Å². The zero-order valence-corrected chi connectivity index (χ0v) is 14.6. The molecule has 1 unspecified atom stereocenters. The van der Waals surface area contributed by atoms with Crippen LogP contribution in [0.4, 0.5) is 10.5 Å². The topological polar surface area (TPSA) is 61.4 Å². The van der Waals surface area contributed by atoms with E-state index in [4.69, 9.17) is 0 Å². The zero-order chi connectivity index (χ0) is 17.3. The van der Waals surface area contributed by atoms with E-state index in [2.05, 4.69) is 34.9 Å². The lowest BCUT2D eigenvalue weighted by Crippen LogP contribution is -2.38. The largest absolute Gasteiger partial charge is 0.393 e. The Balaban J connectivity index is 1.71. The minimum Gasteiger partial charge on any atom is -0.393 e. The summed E-state index contributed by atoms with van der Waals surface area (Å²) in [5.41, 5.74) is 3.44.